The van der Waals surface area contributed by atoms with E-state index in [1.165, 1.54) is 0 Å². The standard InChI is InChI=1S/C17H18N2O4/c1-17(2,3)8-15(21)22-10-14(20)19-16-11-6-4-5-7-12(11)23-13(16)9-18/h4-7H,8,10H2,1-3H3,(H,19,20). The fraction of sp³-hybridized carbons (Fsp3) is 0.353. The number of esters is 1. The first kappa shape index (κ1) is 16.6. The maximum absolute atomic E-state index is 12.0. The van der Waals surface area contributed by atoms with E-state index in [0.29, 0.717) is 16.7 Å². The highest BCUT2D eigenvalue weighted by Crippen LogP contribution is 2.30. The van der Waals surface area contributed by atoms with E-state index < -0.39 is 18.5 Å². The smallest absolute Gasteiger partial charge is 0.306 e. The van der Waals surface area contributed by atoms with E-state index in [4.69, 9.17) is 14.4 Å². The number of carbonyl (C=O) groups is 2. The molecule has 1 heterocycles. The van der Waals surface area contributed by atoms with Gasteiger partial charge in [-0.3, -0.25) is 9.59 Å². The number of carbonyl (C=O) groups excluding carboxylic acids is 2. The zero-order chi connectivity index (χ0) is 17.0. The number of hydrogen-bond acceptors (Lipinski definition) is 5. The number of anilines is 1. The van der Waals surface area contributed by atoms with Crippen molar-refractivity contribution in [1.82, 2.24) is 0 Å². The molecule has 0 unspecified atom stereocenters. The lowest BCUT2D eigenvalue weighted by atomic mass is 9.92. The summed E-state index contributed by atoms with van der Waals surface area (Å²) in [5.74, 6) is -0.943. The van der Waals surface area contributed by atoms with E-state index in [1.807, 2.05) is 26.8 Å². The Labute approximate surface area is 134 Å². The van der Waals surface area contributed by atoms with E-state index >= 15 is 0 Å². The number of fused-ring (bicyclic) bond motifs is 1. The molecule has 0 saturated carbocycles. The van der Waals surface area contributed by atoms with E-state index in [2.05, 4.69) is 5.32 Å². The Morgan fingerprint density at radius 1 is 1.30 bits per heavy atom. The second-order valence-electron chi connectivity index (χ2n) is 6.36. The van der Waals surface area contributed by atoms with Crippen molar-refractivity contribution in [3.8, 4) is 6.07 Å². The normalized spacial score (nSPS) is 11.0. The van der Waals surface area contributed by atoms with Crippen molar-refractivity contribution in [2.24, 2.45) is 5.41 Å². The molecule has 0 atom stereocenters. The molecule has 120 valence electrons. The zero-order valence-electron chi connectivity index (χ0n) is 13.3. The van der Waals surface area contributed by atoms with Crippen LogP contribution in [0.2, 0.25) is 0 Å². The zero-order valence-corrected chi connectivity index (χ0v) is 13.3. The summed E-state index contributed by atoms with van der Waals surface area (Å²) in [6.07, 6.45) is 0.221. The fourth-order valence-electron chi connectivity index (χ4n) is 2.05. The number of para-hydroxylation sites is 1. The molecule has 2 rings (SSSR count). The van der Waals surface area contributed by atoms with Gasteiger partial charge in [-0.2, -0.15) is 5.26 Å². The highest BCUT2D eigenvalue weighted by molar-refractivity contribution is 6.03. The molecule has 0 aliphatic rings. The molecule has 1 amide bonds. The lowest BCUT2D eigenvalue weighted by molar-refractivity contribution is -0.149. The van der Waals surface area contributed by atoms with Crippen LogP contribution in [-0.2, 0) is 14.3 Å². The van der Waals surface area contributed by atoms with Gasteiger partial charge >= 0.3 is 5.97 Å². The highest BCUT2D eigenvalue weighted by atomic mass is 16.5. The molecular formula is C17H18N2O4. The lowest BCUT2D eigenvalue weighted by Gasteiger charge is -2.16. The van der Waals surface area contributed by atoms with Crippen LogP contribution in [0.25, 0.3) is 11.0 Å². The summed E-state index contributed by atoms with van der Waals surface area (Å²) in [7, 11) is 0. The van der Waals surface area contributed by atoms with Crippen molar-refractivity contribution >= 4 is 28.5 Å². The predicted octanol–water partition coefficient (Wildman–Crippen LogP) is 3.22. The number of amides is 1. The second kappa shape index (κ2) is 6.53. The van der Waals surface area contributed by atoms with Crippen molar-refractivity contribution in [2.45, 2.75) is 27.2 Å². The number of hydrogen-bond donors (Lipinski definition) is 1. The minimum absolute atomic E-state index is 0.0144. The molecule has 1 N–H and O–H groups in total. The number of rotatable bonds is 4. The van der Waals surface area contributed by atoms with Crippen LogP contribution in [0, 0.1) is 16.7 Å². The number of nitrogens with zero attached hydrogens (tertiary/aromatic N) is 1. The Balaban J connectivity index is 2.04. The summed E-state index contributed by atoms with van der Waals surface area (Å²) in [6.45, 7) is 5.32. The van der Waals surface area contributed by atoms with Crippen LogP contribution in [0.1, 0.15) is 33.0 Å². The summed E-state index contributed by atoms with van der Waals surface area (Å²) in [6, 6.07) is 8.88. The number of furan rings is 1. The van der Waals surface area contributed by atoms with Crippen LogP contribution in [-0.4, -0.2) is 18.5 Å². The average molecular weight is 314 g/mol. The highest BCUT2D eigenvalue weighted by Gasteiger charge is 2.19. The molecule has 2 aromatic rings. The average Bonchev–Trinajstić information content (AvgIpc) is 2.81. The predicted molar refractivity (Wildman–Crippen MR) is 84.6 cm³/mol. The molecule has 0 aliphatic carbocycles. The van der Waals surface area contributed by atoms with Gasteiger partial charge in [-0.25, -0.2) is 0 Å². The van der Waals surface area contributed by atoms with Crippen LogP contribution in [0.4, 0.5) is 5.69 Å². The summed E-state index contributed by atoms with van der Waals surface area (Å²) >= 11 is 0. The summed E-state index contributed by atoms with van der Waals surface area (Å²) in [5, 5.41) is 12.3. The summed E-state index contributed by atoms with van der Waals surface area (Å²) < 4.78 is 10.3. The first-order chi connectivity index (χ1) is 10.8. The van der Waals surface area contributed by atoms with Crippen LogP contribution in [0.3, 0.4) is 0 Å². The van der Waals surface area contributed by atoms with Crippen molar-refractivity contribution in [2.75, 3.05) is 11.9 Å². The van der Waals surface area contributed by atoms with Crippen molar-refractivity contribution in [1.29, 1.82) is 5.26 Å². The molecule has 1 aromatic heterocycles. The topological polar surface area (TPSA) is 92.3 Å². The molecule has 23 heavy (non-hydrogen) atoms. The van der Waals surface area contributed by atoms with Crippen LogP contribution in [0.5, 0.6) is 0 Å². The molecular weight excluding hydrogens is 296 g/mol. The third-order valence-corrected chi connectivity index (χ3v) is 3.00. The third kappa shape index (κ3) is 4.33. The van der Waals surface area contributed by atoms with Gasteiger partial charge in [0.05, 0.1) is 6.42 Å². The monoisotopic (exact) mass is 314 g/mol. The number of nitrogens with one attached hydrogen (secondary N) is 1. The minimum atomic E-state index is -0.518. The van der Waals surface area contributed by atoms with Gasteiger partial charge in [-0.15, -0.1) is 0 Å². The first-order valence-corrected chi connectivity index (χ1v) is 7.17. The fourth-order valence-corrected chi connectivity index (χ4v) is 2.05. The Kier molecular flexibility index (Phi) is 4.70. The molecule has 0 radical (unpaired) electrons. The Morgan fingerprint density at radius 3 is 2.65 bits per heavy atom. The second-order valence-corrected chi connectivity index (χ2v) is 6.36. The number of benzene rings is 1. The van der Waals surface area contributed by atoms with E-state index in [-0.39, 0.29) is 17.6 Å². The molecule has 0 bridgehead atoms. The van der Waals surface area contributed by atoms with Crippen molar-refractivity contribution < 1.29 is 18.7 Å². The van der Waals surface area contributed by atoms with Crippen molar-refractivity contribution in [3.63, 3.8) is 0 Å². The molecule has 0 fully saturated rings. The Bertz CT molecular complexity index is 778. The largest absolute Gasteiger partial charge is 0.456 e. The van der Waals surface area contributed by atoms with Gasteiger partial charge in [0, 0.05) is 5.39 Å². The molecule has 0 spiro atoms. The maximum Gasteiger partial charge on any atom is 0.306 e. The van der Waals surface area contributed by atoms with Gasteiger partial charge in [0.25, 0.3) is 5.91 Å². The van der Waals surface area contributed by atoms with Crippen LogP contribution < -0.4 is 5.32 Å². The molecule has 1 aromatic carbocycles. The van der Waals surface area contributed by atoms with Crippen LogP contribution in [0.15, 0.2) is 28.7 Å². The lowest BCUT2D eigenvalue weighted by Crippen LogP contribution is -2.23. The van der Waals surface area contributed by atoms with Crippen molar-refractivity contribution in [3.05, 3.63) is 30.0 Å². The molecule has 6 heteroatoms. The van der Waals surface area contributed by atoms with Gasteiger partial charge in [0.15, 0.2) is 6.61 Å². The Hall–Kier alpha value is -2.81. The van der Waals surface area contributed by atoms with Gasteiger partial charge < -0.3 is 14.5 Å². The van der Waals surface area contributed by atoms with E-state index in [0.717, 1.165) is 0 Å². The summed E-state index contributed by atoms with van der Waals surface area (Å²) in [4.78, 5) is 23.6. The quantitative estimate of drug-likeness (QED) is 0.875. The first-order valence-electron chi connectivity index (χ1n) is 7.17. The SMILES string of the molecule is CC(C)(C)CC(=O)OCC(=O)Nc1c(C#N)oc2ccccc12. The molecule has 0 aliphatic heterocycles. The van der Waals surface area contributed by atoms with Gasteiger partial charge in [-0.1, -0.05) is 32.9 Å². The summed E-state index contributed by atoms with van der Waals surface area (Å²) in [5.41, 5.74) is 0.589. The maximum atomic E-state index is 12.0. The third-order valence-electron chi connectivity index (χ3n) is 3.00. The van der Waals surface area contributed by atoms with E-state index in [1.54, 1.807) is 24.3 Å². The molecule has 6 nitrogen and oxygen atoms in total. The van der Waals surface area contributed by atoms with Gasteiger partial charge in [-0.05, 0) is 17.5 Å². The van der Waals surface area contributed by atoms with E-state index in [9.17, 15) is 9.59 Å². The van der Waals surface area contributed by atoms with Gasteiger partial charge in [0.1, 0.15) is 17.3 Å². The Morgan fingerprint density at radius 2 is 2.00 bits per heavy atom. The van der Waals surface area contributed by atoms with Gasteiger partial charge in [0.2, 0.25) is 5.76 Å². The van der Waals surface area contributed by atoms with Crippen LogP contribution >= 0.6 is 0 Å². The minimum Gasteiger partial charge on any atom is -0.456 e. The molecule has 0 saturated heterocycles. The number of ether oxygens (including phenoxy) is 1. The number of nitriles is 1.